The molecule has 1 saturated heterocycles. The standard InChI is InChI=1S/C23H21F3N4O3/c24-23(25,26)14-3-1-2-13(8-14)10-27-15-4-5-18-17(9-15)20-21(33-18)22(32)29-19(28-20)12-30-7-6-16(31)11-30/h1-5,8-9,16,27,31H,6-7,10-12H2,(H,28,29,32)/t16-/m0/s1. The summed E-state index contributed by atoms with van der Waals surface area (Å²) in [5.74, 6) is 0.478. The SMILES string of the molecule is O=c1[nH]c(CN2CC[C@H](O)C2)nc2c1oc1ccc(NCc3cccc(C(F)(F)F)c3)cc12. The molecule has 0 bridgehead atoms. The van der Waals surface area contributed by atoms with Crippen LogP contribution in [0, 0.1) is 0 Å². The van der Waals surface area contributed by atoms with Crippen LogP contribution in [0.15, 0.2) is 51.7 Å². The number of hydrogen-bond acceptors (Lipinski definition) is 6. The molecule has 33 heavy (non-hydrogen) atoms. The number of aliphatic hydroxyl groups is 1. The number of H-pyrrole nitrogens is 1. The van der Waals surface area contributed by atoms with E-state index in [1.165, 1.54) is 6.07 Å². The topological polar surface area (TPSA) is 94.4 Å². The second-order valence-corrected chi connectivity index (χ2v) is 8.23. The van der Waals surface area contributed by atoms with Crippen LogP contribution in [0.1, 0.15) is 23.4 Å². The Balaban J connectivity index is 1.42. The highest BCUT2D eigenvalue weighted by molar-refractivity contribution is 6.03. The van der Waals surface area contributed by atoms with E-state index in [1.54, 1.807) is 24.3 Å². The molecule has 0 amide bonds. The van der Waals surface area contributed by atoms with Crippen molar-refractivity contribution < 1.29 is 22.7 Å². The molecule has 0 aliphatic carbocycles. The van der Waals surface area contributed by atoms with Crippen molar-refractivity contribution in [2.24, 2.45) is 0 Å². The van der Waals surface area contributed by atoms with E-state index in [2.05, 4.69) is 15.3 Å². The van der Waals surface area contributed by atoms with Gasteiger partial charge in [-0.05, 0) is 42.3 Å². The molecule has 2 aromatic carbocycles. The quantitative estimate of drug-likeness (QED) is 0.421. The van der Waals surface area contributed by atoms with Crippen molar-refractivity contribution in [1.29, 1.82) is 0 Å². The Bertz CT molecular complexity index is 1380. The number of aromatic nitrogens is 2. The number of β-amino-alcohol motifs (C(OH)–C–C–N with tert-alkyl or cyclic N) is 1. The first-order chi connectivity index (χ1) is 15.8. The summed E-state index contributed by atoms with van der Waals surface area (Å²) in [4.78, 5) is 21.9. The van der Waals surface area contributed by atoms with Crippen molar-refractivity contribution in [3.8, 4) is 0 Å². The molecule has 4 aromatic rings. The Morgan fingerprint density at radius 2 is 2.09 bits per heavy atom. The molecule has 7 nitrogen and oxygen atoms in total. The molecule has 5 rings (SSSR count). The molecule has 172 valence electrons. The predicted octanol–water partition coefficient (Wildman–Crippen LogP) is 3.87. The van der Waals surface area contributed by atoms with Crippen molar-refractivity contribution in [1.82, 2.24) is 14.9 Å². The molecule has 1 aliphatic heterocycles. The lowest BCUT2D eigenvalue weighted by Gasteiger charge is -2.13. The van der Waals surface area contributed by atoms with Crippen LogP contribution in [0.2, 0.25) is 0 Å². The number of halogens is 3. The van der Waals surface area contributed by atoms with Crippen LogP contribution in [0.4, 0.5) is 18.9 Å². The minimum absolute atomic E-state index is 0.116. The summed E-state index contributed by atoms with van der Waals surface area (Å²) in [5, 5.41) is 13.5. The molecule has 2 aromatic heterocycles. The van der Waals surface area contributed by atoms with Crippen molar-refractivity contribution >= 4 is 27.8 Å². The van der Waals surface area contributed by atoms with E-state index >= 15 is 0 Å². The summed E-state index contributed by atoms with van der Waals surface area (Å²) in [6, 6.07) is 10.4. The van der Waals surface area contributed by atoms with Crippen molar-refractivity contribution in [3.05, 3.63) is 69.8 Å². The van der Waals surface area contributed by atoms with E-state index in [4.69, 9.17) is 4.42 Å². The van der Waals surface area contributed by atoms with Crippen molar-refractivity contribution in [3.63, 3.8) is 0 Å². The lowest BCUT2D eigenvalue weighted by molar-refractivity contribution is -0.137. The number of hydrogen-bond donors (Lipinski definition) is 3. The molecule has 3 heterocycles. The summed E-state index contributed by atoms with van der Waals surface area (Å²) < 4.78 is 44.5. The molecule has 3 N–H and O–H groups in total. The lowest BCUT2D eigenvalue weighted by Crippen LogP contribution is -2.24. The van der Waals surface area contributed by atoms with Crippen LogP contribution in [0.5, 0.6) is 0 Å². The molecule has 0 saturated carbocycles. The third-order valence-electron chi connectivity index (χ3n) is 5.74. The van der Waals surface area contributed by atoms with Gasteiger partial charge in [0.05, 0.1) is 18.2 Å². The van der Waals surface area contributed by atoms with Crippen molar-refractivity contribution in [2.45, 2.75) is 31.8 Å². The maximum Gasteiger partial charge on any atom is 0.416 e. The number of anilines is 1. The molecule has 1 fully saturated rings. The van der Waals surface area contributed by atoms with Crippen LogP contribution in [-0.4, -0.2) is 39.2 Å². The first kappa shape index (κ1) is 21.5. The zero-order valence-corrected chi connectivity index (χ0v) is 17.4. The molecule has 0 radical (unpaired) electrons. The smallest absolute Gasteiger partial charge is 0.416 e. The van der Waals surface area contributed by atoms with Gasteiger partial charge in [0.1, 0.15) is 16.9 Å². The summed E-state index contributed by atoms with van der Waals surface area (Å²) in [5.41, 5.74) is 1.10. The molecular weight excluding hydrogens is 437 g/mol. The number of nitrogens with zero attached hydrogens (tertiary/aromatic N) is 2. The number of aliphatic hydroxyl groups excluding tert-OH is 1. The number of benzene rings is 2. The first-order valence-electron chi connectivity index (χ1n) is 10.5. The van der Waals surface area contributed by atoms with Gasteiger partial charge in [0.15, 0.2) is 0 Å². The average molecular weight is 458 g/mol. The molecular formula is C23H21F3N4O3. The summed E-state index contributed by atoms with van der Waals surface area (Å²) in [7, 11) is 0. The van der Waals surface area contributed by atoms with Crippen LogP contribution in [0.25, 0.3) is 22.1 Å². The number of aromatic amines is 1. The number of rotatable bonds is 5. The molecule has 10 heteroatoms. The Morgan fingerprint density at radius 3 is 2.85 bits per heavy atom. The fraction of sp³-hybridized carbons (Fsp3) is 0.304. The maximum atomic E-state index is 12.9. The van der Waals surface area contributed by atoms with E-state index in [0.717, 1.165) is 18.7 Å². The zero-order valence-electron chi connectivity index (χ0n) is 17.4. The fourth-order valence-corrected chi connectivity index (χ4v) is 4.11. The van der Waals surface area contributed by atoms with Gasteiger partial charge in [0, 0.05) is 30.7 Å². The van der Waals surface area contributed by atoms with Gasteiger partial charge in [-0.2, -0.15) is 13.2 Å². The van der Waals surface area contributed by atoms with E-state index < -0.39 is 11.7 Å². The molecule has 0 unspecified atom stereocenters. The summed E-state index contributed by atoms with van der Waals surface area (Å²) in [6.45, 7) is 1.85. The molecule has 1 aliphatic rings. The van der Waals surface area contributed by atoms with Crippen molar-refractivity contribution in [2.75, 3.05) is 18.4 Å². The van der Waals surface area contributed by atoms with Gasteiger partial charge in [-0.3, -0.25) is 9.69 Å². The minimum Gasteiger partial charge on any atom is -0.449 e. The Kier molecular flexibility index (Phi) is 5.34. The van der Waals surface area contributed by atoms with Gasteiger partial charge in [0.25, 0.3) is 5.56 Å². The summed E-state index contributed by atoms with van der Waals surface area (Å²) in [6.07, 6.45) is -4.09. The van der Waals surface area contributed by atoms with E-state index in [-0.39, 0.29) is 23.8 Å². The number of furan rings is 1. The Morgan fingerprint density at radius 1 is 1.24 bits per heavy atom. The van der Waals surface area contributed by atoms with Crippen LogP contribution in [-0.2, 0) is 19.3 Å². The molecule has 1 atom stereocenters. The van der Waals surface area contributed by atoms with E-state index in [0.29, 0.717) is 53.1 Å². The average Bonchev–Trinajstić information content (AvgIpc) is 3.35. The van der Waals surface area contributed by atoms with E-state index in [1.807, 2.05) is 4.90 Å². The van der Waals surface area contributed by atoms with Gasteiger partial charge in [-0.15, -0.1) is 0 Å². The maximum absolute atomic E-state index is 12.9. The van der Waals surface area contributed by atoms with Gasteiger partial charge in [-0.25, -0.2) is 4.98 Å². The highest BCUT2D eigenvalue weighted by atomic mass is 19.4. The molecule has 0 spiro atoms. The Labute approximate surface area is 185 Å². The number of likely N-dealkylation sites (tertiary alicyclic amines) is 1. The number of alkyl halides is 3. The van der Waals surface area contributed by atoms with Gasteiger partial charge >= 0.3 is 6.18 Å². The normalized spacial score (nSPS) is 17.3. The zero-order chi connectivity index (χ0) is 23.2. The van der Waals surface area contributed by atoms with Crippen LogP contribution >= 0.6 is 0 Å². The van der Waals surface area contributed by atoms with E-state index in [9.17, 15) is 23.1 Å². The Hall–Kier alpha value is -3.37. The lowest BCUT2D eigenvalue weighted by atomic mass is 10.1. The van der Waals surface area contributed by atoms with Crippen LogP contribution < -0.4 is 10.9 Å². The second kappa shape index (κ2) is 8.20. The first-order valence-corrected chi connectivity index (χ1v) is 10.5. The monoisotopic (exact) mass is 458 g/mol. The third kappa shape index (κ3) is 4.44. The number of fused-ring (bicyclic) bond motifs is 3. The highest BCUT2D eigenvalue weighted by Gasteiger charge is 2.30. The highest BCUT2D eigenvalue weighted by Crippen LogP contribution is 2.30. The minimum atomic E-state index is -4.39. The summed E-state index contributed by atoms with van der Waals surface area (Å²) >= 11 is 0. The largest absolute Gasteiger partial charge is 0.449 e. The van der Waals surface area contributed by atoms with Gasteiger partial charge < -0.3 is 19.8 Å². The second-order valence-electron chi connectivity index (χ2n) is 8.23. The number of nitrogens with one attached hydrogen (secondary N) is 2. The van der Waals surface area contributed by atoms with Gasteiger partial charge in [0.2, 0.25) is 5.58 Å². The predicted molar refractivity (Wildman–Crippen MR) is 117 cm³/mol. The van der Waals surface area contributed by atoms with Gasteiger partial charge in [-0.1, -0.05) is 12.1 Å². The van der Waals surface area contributed by atoms with Crippen LogP contribution in [0.3, 0.4) is 0 Å². The third-order valence-corrected chi connectivity index (χ3v) is 5.74. The fourth-order valence-electron chi connectivity index (χ4n) is 4.11.